The molecule has 2 fully saturated rings. The van der Waals surface area contributed by atoms with Gasteiger partial charge in [0.05, 0.1) is 5.69 Å². The first-order valence-corrected chi connectivity index (χ1v) is 16.8. The number of rotatable bonds is 6. The van der Waals surface area contributed by atoms with Crippen LogP contribution in [0.4, 0.5) is 5.69 Å². The van der Waals surface area contributed by atoms with Crippen molar-refractivity contribution in [2.45, 2.75) is 36.5 Å². The van der Waals surface area contributed by atoms with Crippen LogP contribution in [0.25, 0.3) is 0 Å². The number of fused-ring (bicyclic) bond motifs is 1. The molecule has 2 atom stereocenters. The molecule has 3 heterocycles. The van der Waals surface area contributed by atoms with Crippen molar-refractivity contribution >= 4 is 11.5 Å². The van der Waals surface area contributed by atoms with Crippen molar-refractivity contribution in [1.29, 1.82) is 0 Å². The molecule has 0 radical (unpaired) electrons. The summed E-state index contributed by atoms with van der Waals surface area (Å²) in [6.07, 6.45) is 0.616. The van der Waals surface area contributed by atoms with Gasteiger partial charge in [-0.2, -0.15) is 4.89 Å². The van der Waals surface area contributed by atoms with Gasteiger partial charge in [0.2, 0.25) is 0 Å². The maximum absolute atomic E-state index is 15.7. The second-order valence-corrected chi connectivity index (χ2v) is 13.3. The maximum atomic E-state index is 15.7. The van der Waals surface area contributed by atoms with Crippen LogP contribution in [0.15, 0.2) is 176 Å². The molecule has 0 saturated carbocycles. The number of para-hydroxylation sites is 1. The third kappa shape index (κ3) is 4.33. The molecular weight excluding hydrogens is 606 g/mol. The van der Waals surface area contributed by atoms with Crippen molar-refractivity contribution < 1.29 is 19.3 Å². The van der Waals surface area contributed by atoms with E-state index in [1.807, 2.05) is 115 Å². The Morgan fingerprint density at radius 2 is 0.918 bits per heavy atom. The highest BCUT2D eigenvalue weighted by Gasteiger charge is 2.79. The molecule has 2 unspecified atom stereocenters. The van der Waals surface area contributed by atoms with Gasteiger partial charge in [-0.25, -0.2) is 4.89 Å². The van der Waals surface area contributed by atoms with Crippen molar-refractivity contribution in [1.82, 2.24) is 0 Å². The van der Waals surface area contributed by atoms with Gasteiger partial charge in [0.15, 0.2) is 11.4 Å². The molecule has 6 aromatic rings. The SMILES string of the molecule is O=C1c2ccccc2N(Cc2ccccc2)C23OOC(c4ccccc4)(c4ccccc4)CC12CC(c1ccccc1)(c1ccccc1)O3. The number of hydrogen-bond acceptors (Lipinski definition) is 5. The zero-order valence-corrected chi connectivity index (χ0v) is 26.9. The van der Waals surface area contributed by atoms with Crippen LogP contribution < -0.4 is 4.90 Å². The third-order valence-electron chi connectivity index (χ3n) is 10.7. The minimum Gasteiger partial charge on any atom is -0.314 e. The molecule has 0 amide bonds. The molecule has 240 valence electrons. The minimum atomic E-state index is -1.63. The van der Waals surface area contributed by atoms with Crippen molar-refractivity contribution in [3.63, 3.8) is 0 Å². The number of ketones is 1. The fraction of sp³-hybridized carbons (Fsp3) is 0.159. The Morgan fingerprint density at radius 1 is 0.490 bits per heavy atom. The molecule has 0 bridgehead atoms. The first kappa shape index (κ1) is 29.8. The Bertz CT molecular complexity index is 2030. The normalized spacial score (nSPS) is 23.3. The second-order valence-electron chi connectivity index (χ2n) is 13.3. The van der Waals surface area contributed by atoms with Gasteiger partial charge >= 0.3 is 0 Å². The highest BCUT2D eigenvalue weighted by atomic mass is 17.2. The Balaban J connectivity index is 1.36. The molecule has 3 aliphatic rings. The van der Waals surface area contributed by atoms with Crippen LogP contribution in [0.1, 0.15) is 51.0 Å². The highest BCUT2D eigenvalue weighted by molar-refractivity contribution is 6.08. The summed E-state index contributed by atoms with van der Waals surface area (Å²) in [5.74, 6) is -1.65. The van der Waals surface area contributed by atoms with Gasteiger partial charge in [-0.15, -0.1) is 0 Å². The van der Waals surface area contributed by atoms with Crippen LogP contribution in [-0.2, 0) is 32.3 Å². The number of carbonyl (C=O) groups is 1. The quantitative estimate of drug-likeness (QED) is 0.170. The summed E-state index contributed by atoms with van der Waals surface area (Å²) in [6.45, 7) is 0.430. The molecule has 3 aliphatic heterocycles. The summed E-state index contributed by atoms with van der Waals surface area (Å²) < 4.78 is 7.64. The monoisotopic (exact) mass is 641 g/mol. The molecule has 6 aromatic carbocycles. The number of Topliss-reactive ketones (excluding diaryl/α,β-unsaturated/α-hetero) is 1. The number of nitrogens with zero attached hydrogens (tertiary/aromatic N) is 1. The molecule has 5 nitrogen and oxygen atoms in total. The van der Waals surface area contributed by atoms with Crippen LogP contribution in [0.3, 0.4) is 0 Å². The molecule has 49 heavy (non-hydrogen) atoms. The average molecular weight is 642 g/mol. The predicted octanol–water partition coefficient (Wildman–Crippen LogP) is 9.19. The number of ether oxygens (including phenoxy) is 1. The second kappa shape index (κ2) is 11.4. The lowest BCUT2D eigenvalue weighted by atomic mass is 9.60. The van der Waals surface area contributed by atoms with Gasteiger partial charge in [-0.05, 0) is 39.9 Å². The van der Waals surface area contributed by atoms with Gasteiger partial charge < -0.3 is 9.64 Å². The van der Waals surface area contributed by atoms with E-state index >= 15 is 4.79 Å². The molecule has 0 aliphatic carbocycles. The highest BCUT2D eigenvalue weighted by Crippen LogP contribution is 2.70. The van der Waals surface area contributed by atoms with Gasteiger partial charge in [0.1, 0.15) is 11.0 Å². The Morgan fingerprint density at radius 3 is 1.45 bits per heavy atom. The van der Waals surface area contributed by atoms with Crippen molar-refractivity contribution in [3.8, 4) is 0 Å². The van der Waals surface area contributed by atoms with E-state index in [1.165, 1.54) is 0 Å². The van der Waals surface area contributed by atoms with Crippen LogP contribution in [0.2, 0.25) is 0 Å². The van der Waals surface area contributed by atoms with Crippen molar-refractivity contribution in [2.75, 3.05) is 4.90 Å². The van der Waals surface area contributed by atoms with E-state index < -0.39 is 22.5 Å². The van der Waals surface area contributed by atoms with Crippen molar-refractivity contribution in [3.05, 3.63) is 209 Å². The van der Waals surface area contributed by atoms with Gasteiger partial charge in [0.25, 0.3) is 5.91 Å². The zero-order chi connectivity index (χ0) is 32.9. The summed E-state index contributed by atoms with van der Waals surface area (Å²) in [7, 11) is 0. The van der Waals surface area contributed by atoms with Crippen LogP contribution in [0, 0.1) is 5.41 Å². The number of carbonyl (C=O) groups excluding carboxylic acids is 1. The zero-order valence-electron chi connectivity index (χ0n) is 26.9. The molecule has 9 rings (SSSR count). The first-order chi connectivity index (χ1) is 24.1. The van der Waals surface area contributed by atoms with E-state index in [-0.39, 0.29) is 12.2 Å². The Kier molecular flexibility index (Phi) is 6.92. The number of benzene rings is 6. The lowest BCUT2D eigenvalue weighted by Crippen LogP contribution is -2.70. The van der Waals surface area contributed by atoms with E-state index in [2.05, 4.69) is 65.6 Å². The van der Waals surface area contributed by atoms with Gasteiger partial charge in [-0.1, -0.05) is 164 Å². The summed E-state index contributed by atoms with van der Waals surface area (Å²) in [4.78, 5) is 31.7. The van der Waals surface area contributed by atoms with Crippen molar-refractivity contribution in [2.24, 2.45) is 5.41 Å². The number of anilines is 1. The van der Waals surface area contributed by atoms with E-state index in [9.17, 15) is 0 Å². The average Bonchev–Trinajstić information content (AvgIpc) is 3.52. The van der Waals surface area contributed by atoms with E-state index in [0.29, 0.717) is 18.5 Å². The van der Waals surface area contributed by atoms with E-state index in [0.717, 1.165) is 33.5 Å². The molecular formula is C44H35NO4. The smallest absolute Gasteiger partial charge is 0.296 e. The minimum absolute atomic E-state index is 0.0133. The molecule has 0 aromatic heterocycles. The summed E-state index contributed by atoms with van der Waals surface area (Å²) in [5.41, 5.74) is 2.76. The molecule has 0 spiro atoms. The summed E-state index contributed by atoms with van der Waals surface area (Å²) in [6, 6.07) is 58.8. The van der Waals surface area contributed by atoms with Gasteiger partial charge in [0, 0.05) is 24.9 Å². The Labute approximate surface area is 286 Å². The molecule has 0 N–H and O–H groups in total. The van der Waals surface area contributed by atoms with Gasteiger partial charge in [-0.3, -0.25) is 4.79 Å². The van der Waals surface area contributed by atoms with Crippen LogP contribution >= 0.6 is 0 Å². The molecule has 5 heteroatoms. The molecule has 2 saturated heterocycles. The summed E-state index contributed by atoms with van der Waals surface area (Å²) >= 11 is 0. The lowest BCUT2D eigenvalue weighted by molar-refractivity contribution is -0.506. The van der Waals surface area contributed by atoms with Crippen LogP contribution in [0.5, 0.6) is 0 Å². The lowest BCUT2D eigenvalue weighted by Gasteiger charge is -2.58. The largest absolute Gasteiger partial charge is 0.314 e. The third-order valence-corrected chi connectivity index (χ3v) is 10.7. The standard InChI is InChI=1S/C44H35NO4/c46-40-38-28-16-17-29-39(38)45(30-33-18-6-1-7-19-33)44-41(40,31-42(47-44,34-20-8-2-9-21-34)35-22-10-3-11-23-35)32-43(48-49-44,36-24-12-4-13-25-36)37-26-14-5-15-27-37/h1-29H,30-32H2. The first-order valence-electron chi connectivity index (χ1n) is 16.8. The fourth-order valence-electron chi connectivity index (χ4n) is 8.48. The van der Waals surface area contributed by atoms with Crippen LogP contribution in [-0.4, -0.2) is 11.7 Å². The summed E-state index contributed by atoms with van der Waals surface area (Å²) in [5, 5.41) is 0. The number of hydrogen-bond donors (Lipinski definition) is 0. The maximum Gasteiger partial charge on any atom is 0.296 e. The predicted molar refractivity (Wildman–Crippen MR) is 188 cm³/mol. The van der Waals surface area contributed by atoms with E-state index in [4.69, 9.17) is 14.5 Å². The van der Waals surface area contributed by atoms with E-state index in [1.54, 1.807) is 0 Å². The fourth-order valence-corrected chi connectivity index (χ4v) is 8.48. The Hall–Kier alpha value is -5.33. The topological polar surface area (TPSA) is 48.0 Å².